The van der Waals surface area contributed by atoms with Crippen molar-refractivity contribution in [3.63, 3.8) is 0 Å². The molecule has 0 amide bonds. The van der Waals surface area contributed by atoms with Crippen molar-refractivity contribution in [2.75, 3.05) is 0 Å². The maximum atomic E-state index is 14.3. The predicted octanol–water partition coefficient (Wildman–Crippen LogP) is 4.58. The van der Waals surface area contributed by atoms with Gasteiger partial charge in [0.25, 0.3) is 0 Å². The normalized spacial score (nSPS) is 11.9. The summed E-state index contributed by atoms with van der Waals surface area (Å²) in [4.78, 5) is 0. The number of rotatable bonds is 2. The lowest BCUT2D eigenvalue weighted by Crippen LogP contribution is -2.11. The fourth-order valence-electron chi connectivity index (χ4n) is 3.56. The third-order valence-electron chi connectivity index (χ3n) is 4.83. The summed E-state index contributed by atoms with van der Waals surface area (Å²) in [5, 5.41) is 9.24. The fraction of sp³-hybridized carbons (Fsp3) is 0.0526. The zero-order chi connectivity index (χ0) is 19.6. The molecular formula is C19H9F5N4. The van der Waals surface area contributed by atoms with E-state index >= 15 is 0 Å². The Hall–Kier alpha value is -3.49. The molecule has 0 aliphatic rings. The predicted molar refractivity (Wildman–Crippen MR) is 91.3 cm³/mol. The van der Waals surface area contributed by atoms with Crippen LogP contribution >= 0.6 is 0 Å². The van der Waals surface area contributed by atoms with Crippen molar-refractivity contribution < 1.29 is 22.0 Å². The van der Waals surface area contributed by atoms with E-state index in [2.05, 4.69) is 10.3 Å². The first-order valence-corrected chi connectivity index (χ1v) is 8.19. The van der Waals surface area contributed by atoms with Gasteiger partial charge in [-0.25, -0.2) is 26.5 Å². The first kappa shape index (κ1) is 16.7. The number of halogens is 5. The van der Waals surface area contributed by atoms with Gasteiger partial charge in [-0.1, -0.05) is 23.4 Å². The maximum absolute atomic E-state index is 14.3. The maximum Gasteiger partial charge on any atom is 0.200 e. The number of hydrogen-bond acceptors (Lipinski definition) is 2. The van der Waals surface area contributed by atoms with Gasteiger partial charge in [-0.3, -0.25) is 0 Å². The molecule has 0 atom stereocenters. The highest BCUT2D eigenvalue weighted by Crippen LogP contribution is 2.33. The molecule has 2 aromatic carbocycles. The standard InChI is InChI=1S/C19H9F5N4/c20-14-11(15(21)17(23)18(24)16(14)22)8-27-12-4-2-1-3-9(12)10-5-6-28-13(19(10)27)7-25-26-28/h1-7H,8H2. The van der Waals surface area contributed by atoms with E-state index in [9.17, 15) is 22.0 Å². The molecular weight excluding hydrogens is 379 g/mol. The van der Waals surface area contributed by atoms with E-state index < -0.39 is 41.2 Å². The Kier molecular flexibility index (Phi) is 3.42. The van der Waals surface area contributed by atoms with Crippen molar-refractivity contribution in [2.45, 2.75) is 6.54 Å². The van der Waals surface area contributed by atoms with E-state index in [1.807, 2.05) is 6.07 Å². The molecule has 0 saturated carbocycles. The zero-order valence-corrected chi connectivity index (χ0v) is 13.9. The summed E-state index contributed by atoms with van der Waals surface area (Å²) in [5.74, 6) is -9.80. The quantitative estimate of drug-likeness (QED) is 0.252. The van der Waals surface area contributed by atoms with Gasteiger partial charge in [0, 0.05) is 28.0 Å². The molecule has 4 nitrogen and oxygen atoms in total. The van der Waals surface area contributed by atoms with Crippen LogP contribution in [0.1, 0.15) is 5.56 Å². The highest BCUT2D eigenvalue weighted by molar-refractivity contribution is 6.12. The molecule has 28 heavy (non-hydrogen) atoms. The van der Waals surface area contributed by atoms with Crippen molar-refractivity contribution in [3.8, 4) is 0 Å². The van der Waals surface area contributed by atoms with Crippen LogP contribution in [0.4, 0.5) is 22.0 Å². The first-order chi connectivity index (χ1) is 13.5. The minimum absolute atomic E-state index is 0.526. The second-order valence-electron chi connectivity index (χ2n) is 6.29. The molecule has 0 aliphatic carbocycles. The van der Waals surface area contributed by atoms with Gasteiger partial charge in [0.2, 0.25) is 5.82 Å². The van der Waals surface area contributed by atoms with Gasteiger partial charge in [-0.2, -0.15) is 0 Å². The molecule has 0 bridgehead atoms. The molecule has 140 valence electrons. The number of hydrogen-bond donors (Lipinski definition) is 0. The van der Waals surface area contributed by atoms with Crippen molar-refractivity contribution in [1.82, 2.24) is 19.4 Å². The van der Waals surface area contributed by atoms with E-state index in [1.54, 1.807) is 30.5 Å². The second kappa shape index (κ2) is 5.75. The van der Waals surface area contributed by atoms with Crippen LogP contribution in [0.3, 0.4) is 0 Å². The lowest BCUT2D eigenvalue weighted by Gasteiger charge is -2.12. The van der Waals surface area contributed by atoms with Crippen molar-refractivity contribution in [1.29, 1.82) is 0 Å². The van der Waals surface area contributed by atoms with Gasteiger partial charge in [0.05, 0.1) is 18.3 Å². The number of nitrogens with zero attached hydrogens (tertiary/aromatic N) is 4. The van der Waals surface area contributed by atoms with Gasteiger partial charge in [0.15, 0.2) is 23.3 Å². The van der Waals surface area contributed by atoms with Gasteiger partial charge in [0.1, 0.15) is 5.52 Å². The molecule has 0 N–H and O–H groups in total. The molecule has 9 heteroatoms. The molecule has 5 aromatic rings. The highest BCUT2D eigenvalue weighted by Gasteiger charge is 2.27. The topological polar surface area (TPSA) is 35.1 Å². The number of fused-ring (bicyclic) bond motifs is 5. The van der Waals surface area contributed by atoms with Gasteiger partial charge >= 0.3 is 0 Å². The van der Waals surface area contributed by atoms with E-state index in [-0.39, 0.29) is 0 Å². The number of pyridine rings is 1. The smallest absolute Gasteiger partial charge is 0.200 e. The average molecular weight is 388 g/mol. The Morgan fingerprint density at radius 1 is 0.750 bits per heavy atom. The summed E-state index contributed by atoms with van der Waals surface area (Å²) in [6, 6.07) is 8.80. The molecule has 0 unspecified atom stereocenters. The van der Waals surface area contributed by atoms with Crippen LogP contribution in [0.5, 0.6) is 0 Å². The Bertz CT molecular complexity index is 1370. The van der Waals surface area contributed by atoms with Crippen LogP contribution in [-0.2, 0) is 6.54 Å². The molecule has 0 spiro atoms. The monoisotopic (exact) mass is 388 g/mol. The van der Waals surface area contributed by atoms with Crippen molar-refractivity contribution in [3.05, 3.63) is 77.4 Å². The minimum Gasteiger partial charge on any atom is -0.334 e. The number of benzene rings is 2. The SMILES string of the molecule is Fc1c(F)c(F)c(Cn2c3ccccc3c3ccn4nncc4c32)c(F)c1F. The first-order valence-electron chi connectivity index (χ1n) is 8.19. The summed E-state index contributed by atoms with van der Waals surface area (Å²) in [6.45, 7) is -0.555. The Morgan fingerprint density at radius 2 is 1.43 bits per heavy atom. The van der Waals surface area contributed by atoms with Crippen LogP contribution in [-0.4, -0.2) is 19.4 Å². The van der Waals surface area contributed by atoms with Crippen molar-refractivity contribution in [2.24, 2.45) is 0 Å². The molecule has 0 saturated heterocycles. The molecule has 3 aromatic heterocycles. The van der Waals surface area contributed by atoms with Crippen LogP contribution in [0.2, 0.25) is 0 Å². The molecule has 0 aliphatic heterocycles. The van der Waals surface area contributed by atoms with Gasteiger partial charge < -0.3 is 4.57 Å². The lowest BCUT2D eigenvalue weighted by atomic mass is 10.1. The molecule has 0 fully saturated rings. The highest BCUT2D eigenvalue weighted by atomic mass is 19.2. The van der Waals surface area contributed by atoms with E-state index in [4.69, 9.17) is 0 Å². The molecule has 5 rings (SSSR count). The molecule has 0 radical (unpaired) electrons. The van der Waals surface area contributed by atoms with E-state index in [0.29, 0.717) is 16.6 Å². The fourth-order valence-corrected chi connectivity index (χ4v) is 3.56. The van der Waals surface area contributed by atoms with E-state index in [1.165, 1.54) is 15.3 Å². The van der Waals surface area contributed by atoms with Crippen LogP contribution in [0.25, 0.3) is 27.3 Å². The number of para-hydroxylation sites is 1. The van der Waals surface area contributed by atoms with Gasteiger partial charge in [-0.05, 0) is 12.1 Å². The van der Waals surface area contributed by atoms with Crippen LogP contribution in [0, 0.1) is 29.1 Å². The Labute approximate surface area is 153 Å². The summed E-state index contributed by atoms with van der Waals surface area (Å²) in [7, 11) is 0. The van der Waals surface area contributed by atoms with Crippen molar-refractivity contribution >= 4 is 27.3 Å². The largest absolute Gasteiger partial charge is 0.334 e. The summed E-state index contributed by atoms with van der Waals surface area (Å²) < 4.78 is 72.3. The Morgan fingerprint density at radius 3 is 2.18 bits per heavy atom. The summed E-state index contributed by atoms with van der Waals surface area (Å²) in [5.41, 5.74) is 0.736. The van der Waals surface area contributed by atoms with Crippen LogP contribution in [0.15, 0.2) is 42.7 Å². The third-order valence-corrected chi connectivity index (χ3v) is 4.83. The summed E-state index contributed by atoms with van der Waals surface area (Å²) >= 11 is 0. The summed E-state index contributed by atoms with van der Waals surface area (Å²) in [6.07, 6.45) is 3.15. The molecule has 3 heterocycles. The zero-order valence-electron chi connectivity index (χ0n) is 13.9. The average Bonchev–Trinajstić information content (AvgIpc) is 3.31. The second-order valence-corrected chi connectivity index (χ2v) is 6.29. The van der Waals surface area contributed by atoms with Crippen LogP contribution < -0.4 is 0 Å². The van der Waals surface area contributed by atoms with E-state index in [0.717, 1.165) is 10.8 Å². The Balaban J connectivity index is 1.88. The third kappa shape index (κ3) is 2.09. The number of aromatic nitrogens is 4. The lowest BCUT2D eigenvalue weighted by molar-refractivity contribution is 0.369. The minimum atomic E-state index is -2.18. The van der Waals surface area contributed by atoms with Gasteiger partial charge in [-0.15, -0.1) is 5.10 Å².